The molecule has 1 amide bonds. The third kappa shape index (κ3) is 3.12. The molecular formula is C8H7BrCl2N2O. The molecule has 0 saturated carbocycles. The highest BCUT2D eigenvalue weighted by molar-refractivity contribution is 9.10. The van der Waals surface area contributed by atoms with E-state index < -0.39 is 0 Å². The number of hydrogen-bond donors (Lipinski definition) is 1. The Kier molecular flexibility index (Phi) is 4.16. The zero-order chi connectivity index (χ0) is 10.7. The number of nitrogens with zero attached hydrogens (tertiary/aromatic N) is 1. The maximum Gasteiger partial charge on any atom is 0.237 e. The minimum atomic E-state index is -0.283. The maximum atomic E-state index is 11.3. The van der Waals surface area contributed by atoms with E-state index in [0.717, 1.165) is 0 Å². The Morgan fingerprint density at radius 1 is 1.64 bits per heavy atom. The van der Waals surface area contributed by atoms with E-state index in [0.29, 0.717) is 15.9 Å². The summed E-state index contributed by atoms with van der Waals surface area (Å²) in [5, 5.41) is 3.26. The van der Waals surface area contributed by atoms with Gasteiger partial charge in [0.2, 0.25) is 5.91 Å². The first-order chi connectivity index (χ1) is 6.50. The van der Waals surface area contributed by atoms with E-state index in [1.807, 2.05) is 0 Å². The lowest BCUT2D eigenvalue weighted by molar-refractivity contribution is -0.115. The number of carbonyl (C=O) groups excluding carboxylic acids is 1. The number of anilines is 1. The van der Waals surface area contributed by atoms with Gasteiger partial charge < -0.3 is 5.32 Å². The van der Waals surface area contributed by atoms with Crippen LogP contribution in [0.5, 0.6) is 0 Å². The van der Waals surface area contributed by atoms with Crippen LogP contribution in [0.2, 0.25) is 10.2 Å². The number of aromatic nitrogens is 1. The van der Waals surface area contributed by atoms with Gasteiger partial charge in [0.25, 0.3) is 0 Å². The fraction of sp³-hybridized carbons (Fsp3) is 0.250. The van der Waals surface area contributed by atoms with Crippen molar-refractivity contribution in [3.8, 4) is 0 Å². The third-order valence-electron chi connectivity index (χ3n) is 1.44. The van der Waals surface area contributed by atoms with Crippen LogP contribution in [-0.4, -0.2) is 15.7 Å². The van der Waals surface area contributed by atoms with Crippen LogP contribution < -0.4 is 5.32 Å². The average molecular weight is 298 g/mol. The van der Waals surface area contributed by atoms with Gasteiger partial charge in [-0.3, -0.25) is 4.79 Å². The molecule has 1 aromatic rings. The van der Waals surface area contributed by atoms with Crippen LogP contribution in [-0.2, 0) is 4.79 Å². The minimum Gasteiger partial charge on any atom is -0.323 e. The summed E-state index contributed by atoms with van der Waals surface area (Å²) in [6, 6.07) is 1.47. The number of nitrogens with one attached hydrogen (secondary N) is 1. The van der Waals surface area contributed by atoms with Crippen LogP contribution in [0.4, 0.5) is 5.69 Å². The number of pyridine rings is 1. The van der Waals surface area contributed by atoms with Gasteiger partial charge in [0.1, 0.15) is 5.15 Å². The zero-order valence-electron chi connectivity index (χ0n) is 7.22. The molecule has 1 atom stereocenters. The maximum absolute atomic E-state index is 11.3. The van der Waals surface area contributed by atoms with E-state index in [2.05, 4.69) is 26.2 Å². The lowest BCUT2D eigenvalue weighted by atomic mass is 10.4. The summed E-state index contributed by atoms with van der Waals surface area (Å²) in [7, 11) is 0. The summed E-state index contributed by atoms with van der Waals surface area (Å²) >= 11 is 14.6. The van der Waals surface area contributed by atoms with Gasteiger partial charge >= 0.3 is 0 Å². The summed E-state index contributed by atoms with van der Waals surface area (Å²) in [5.41, 5.74) is 0.451. The lowest BCUT2D eigenvalue weighted by Crippen LogP contribution is -2.20. The van der Waals surface area contributed by atoms with Gasteiger partial charge in [-0.2, -0.15) is 0 Å². The van der Waals surface area contributed by atoms with Crippen molar-refractivity contribution in [3.05, 3.63) is 22.4 Å². The molecule has 1 heterocycles. The topological polar surface area (TPSA) is 42.0 Å². The van der Waals surface area contributed by atoms with E-state index >= 15 is 0 Å². The number of rotatable bonds is 2. The first-order valence-corrected chi connectivity index (χ1v) is 5.44. The van der Waals surface area contributed by atoms with Gasteiger partial charge in [0.05, 0.1) is 21.7 Å². The number of amides is 1. The second kappa shape index (κ2) is 4.96. The first-order valence-electron chi connectivity index (χ1n) is 3.76. The Bertz CT molecular complexity index is 357. The number of hydrogen-bond acceptors (Lipinski definition) is 2. The van der Waals surface area contributed by atoms with Crippen LogP contribution in [0, 0.1) is 0 Å². The Balaban J connectivity index is 2.82. The Labute approximate surface area is 99.9 Å². The van der Waals surface area contributed by atoms with Crippen molar-refractivity contribution in [2.75, 3.05) is 5.32 Å². The molecule has 0 bridgehead atoms. The quantitative estimate of drug-likeness (QED) is 0.673. The van der Waals surface area contributed by atoms with Crippen molar-refractivity contribution in [1.82, 2.24) is 4.98 Å². The molecule has 76 valence electrons. The molecule has 1 rings (SSSR count). The molecular weight excluding hydrogens is 291 g/mol. The molecule has 0 aromatic carbocycles. The summed E-state index contributed by atoms with van der Waals surface area (Å²) in [5.74, 6) is -0.184. The zero-order valence-corrected chi connectivity index (χ0v) is 10.3. The van der Waals surface area contributed by atoms with E-state index in [1.54, 1.807) is 6.92 Å². The Morgan fingerprint density at radius 2 is 2.29 bits per heavy atom. The van der Waals surface area contributed by atoms with Gasteiger partial charge in [-0.25, -0.2) is 4.98 Å². The van der Waals surface area contributed by atoms with Gasteiger partial charge in [-0.05, 0) is 13.0 Å². The molecule has 6 heteroatoms. The second-order valence-corrected chi connectivity index (χ2v) is 4.76. The first kappa shape index (κ1) is 11.8. The van der Waals surface area contributed by atoms with Crippen molar-refractivity contribution in [2.45, 2.75) is 11.8 Å². The predicted octanol–water partition coefficient (Wildman–Crippen LogP) is 3.11. The van der Waals surface area contributed by atoms with Crippen LogP contribution in [0.25, 0.3) is 0 Å². The highest BCUT2D eigenvalue weighted by atomic mass is 79.9. The molecule has 0 spiro atoms. The number of carbonyl (C=O) groups is 1. The highest BCUT2D eigenvalue weighted by Gasteiger charge is 2.11. The van der Waals surface area contributed by atoms with Crippen molar-refractivity contribution >= 4 is 50.7 Å². The predicted molar refractivity (Wildman–Crippen MR) is 61.3 cm³/mol. The largest absolute Gasteiger partial charge is 0.323 e. The summed E-state index contributed by atoms with van der Waals surface area (Å²) in [4.78, 5) is 14.8. The van der Waals surface area contributed by atoms with Crippen molar-refractivity contribution in [1.29, 1.82) is 0 Å². The molecule has 0 saturated heterocycles. The molecule has 1 aromatic heterocycles. The molecule has 0 aliphatic carbocycles. The van der Waals surface area contributed by atoms with Gasteiger partial charge in [0, 0.05) is 0 Å². The van der Waals surface area contributed by atoms with Crippen molar-refractivity contribution in [3.63, 3.8) is 0 Å². The van der Waals surface area contributed by atoms with Crippen LogP contribution in [0.1, 0.15) is 6.92 Å². The van der Waals surface area contributed by atoms with Crippen molar-refractivity contribution < 1.29 is 4.79 Å². The molecule has 1 N–H and O–H groups in total. The summed E-state index contributed by atoms with van der Waals surface area (Å²) in [6.07, 6.45) is 1.41. The molecule has 3 nitrogen and oxygen atoms in total. The summed E-state index contributed by atoms with van der Waals surface area (Å²) < 4.78 is 0. The van der Waals surface area contributed by atoms with E-state index in [1.165, 1.54) is 12.3 Å². The van der Waals surface area contributed by atoms with Crippen LogP contribution in [0.3, 0.4) is 0 Å². The molecule has 14 heavy (non-hydrogen) atoms. The van der Waals surface area contributed by atoms with E-state index in [9.17, 15) is 4.79 Å². The third-order valence-corrected chi connectivity index (χ3v) is 2.37. The number of halogens is 3. The monoisotopic (exact) mass is 296 g/mol. The molecule has 0 radical (unpaired) electrons. The summed E-state index contributed by atoms with van der Waals surface area (Å²) in [6.45, 7) is 1.71. The van der Waals surface area contributed by atoms with E-state index in [-0.39, 0.29) is 10.7 Å². The second-order valence-electron chi connectivity index (χ2n) is 2.59. The van der Waals surface area contributed by atoms with Crippen LogP contribution >= 0.6 is 39.1 Å². The van der Waals surface area contributed by atoms with Crippen LogP contribution in [0.15, 0.2) is 12.3 Å². The Hall–Kier alpha value is -0.320. The fourth-order valence-electron chi connectivity index (χ4n) is 0.732. The average Bonchev–Trinajstić information content (AvgIpc) is 2.09. The molecule has 0 aliphatic rings. The SMILES string of the molecule is C[C@@H](Br)C(=O)Nc1cnc(Cl)cc1Cl. The molecule has 0 fully saturated rings. The minimum absolute atomic E-state index is 0.184. The standard InChI is InChI=1S/C8H7BrCl2N2O/c1-4(9)8(14)13-6-3-12-7(11)2-5(6)10/h2-4H,1H3,(H,13,14)/t4-/m1/s1. The van der Waals surface area contributed by atoms with Gasteiger partial charge in [-0.1, -0.05) is 39.1 Å². The van der Waals surface area contributed by atoms with Gasteiger partial charge in [-0.15, -0.1) is 0 Å². The number of alkyl halides is 1. The normalized spacial score (nSPS) is 12.3. The van der Waals surface area contributed by atoms with Crippen molar-refractivity contribution in [2.24, 2.45) is 0 Å². The fourth-order valence-corrected chi connectivity index (χ4v) is 1.26. The smallest absolute Gasteiger partial charge is 0.237 e. The lowest BCUT2D eigenvalue weighted by Gasteiger charge is -2.07. The highest BCUT2D eigenvalue weighted by Crippen LogP contribution is 2.23. The van der Waals surface area contributed by atoms with E-state index in [4.69, 9.17) is 23.2 Å². The Morgan fingerprint density at radius 3 is 2.79 bits per heavy atom. The van der Waals surface area contributed by atoms with Gasteiger partial charge in [0.15, 0.2) is 0 Å². The molecule has 0 aliphatic heterocycles. The molecule has 0 unspecified atom stereocenters.